The Hall–Kier alpha value is -1.03. The highest BCUT2D eigenvalue weighted by Gasteiger charge is 2.27. The summed E-state index contributed by atoms with van der Waals surface area (Å²) in [6, 6.07) is 0. The van der Waals surface area contributed by atoms with Gasteiger partial charge in [-0.2, -0.15) is 0 Å². The summed E-state index contributed by atoms with van der Waals surface area (Å²) in [5.41, 5.74) is 0. The third-order valence-corrected chi connectivity index (χ3v) is 7.96. The van der Waals surface area contributed by atoms with Gasteiger partial charge in [-0.05, 0) is 12.8 Å². The normalized spacial score (nSPS) is 14.3. The van der Waals surface area contributed by atoms with Gasteiger partial charge in [0.2, 0.25) is 0 Å². The number of unbranched alkanes of at least 4 members (excludes halogenated alkanes) is 17. The molecule has 42 heavy (non-hydrogen) atoms. The Kier molecular flexibility index (Phi) is 28.0. The van der Waals surface area contributed by atoms with Gasteiger partial charge in [0.1, 0.15) is 12.7 Å². The minimum Gasteiger partial charge on any atom is -0.462 e. The summed E-state index contributed by atoms with van der Waals surface area (Å²) in [5, 5.41) is 18.2. The maximum absolute atomic E-state index is 12.4. The van der Waals surface area contributed by atoms with Crippen LogP contribution >= 0.6 is 7.82 Å². The number of rotatable bonds is 31. The van der Waals surface area contributed by atoms with Gasteiger partial charge in [0.05, 0.1) is 19.8 Å². The summed E-state index contributed by atoms with van der Waals surface area (Å²) in [6.45, 7) is 2.28. The molecular formula is C31H61O10P. The first kappa shape index (κ1) is 41.0. The second kappa shape index (κ2) is 28.7. The summed E-state index contributed by atoms with van der Waals surface area (Å²) >= 11 is 0. The SMILES string of the molecule is CCCCCCCCCCCCCCCC(=O)OC(COC(=O)CCCCCCCC)COP(=O)(O)OCC(O)CO. The number of ether oxygens (including phenoxy) is 2. The van der Waals surface area contributed by atoms with E-state index in [2.05, 4.69) is 18.4 Å². The van der Waals surface area contributed by atoms with Crippen molar-refractivity contribution in [3.63, 3.8) is 0 Å². The highest BCUT2D eigenvalue weighted by molar-refractivity contribution is 7.47. The van der Waals surface area contributed by atoms with Crippen LogP contribution in [0.3, 0.4) is 0 Å². The van der Waals surface area contributed by atoms with Crippen molar-refractivity contribution in [1.82, 2.24) is 0 Å². The first-order chi connectivity index (χ1) is 20.2. The van der Waals surface area contributed by atoms with Crippen molar-refractivity contribution in [1.29, 1.82) is 0 Å². The van der Waals surface area contributed by atoms with Crippen molar-refractivity contribution in [2.75, 3.05) is 26.4 Å². The molecule has 0 spiro atoms. The quantitative estimate of drug-likeness (QED) is 0.0412. The molecule has 10 nitrogen and oxygen atoms in total. The number of esters is 2. The minimum absolute atomic E-state index is 0.190. The highest BCUT2D eigenvalue weighted by Crippen LogP contribution is 2.43. The topological polar surface area (TPSA) is 149 Å². The number of hydrogen-bond acceptors (Lipinski definition) is 9. The van der Waals surface area contributed by atoms with E-state index in [-0.39, 0.29) is 19.4 Å². The molecular weight excluding hydrogens is 563 g/mol. The average molecular weight is 625 g/mol. The Balaban J connectivity index is 4.37. The number of aliphatic hydroxyl groups is 2. The van der Waals surface area contributed by atoms with E-state index in [0.717, 1.165) is 44.9 Å². The van der Waals surface area contributed by atoms with Crippen LogP contribution in [-0.4, -0.2) is 65.7 Å². The van der Waals surface area contributed by atoms with Crippen LogP contribution in [-0.2, 0) is 32.7 Å². The standard InChI is InChI=1S/C31H61O10P/c1-3-5-7-9-11-12-13-14-15-16-17-19-21-23-31(35)41-29(27-40-42(36,37)39-25-28(33)24-32)26-38-30(34)22-20-18-10-8-6-4-2/h28-29,32-33H,3-27H2,1-2H3,(H,36,37). The number of carbonyl (C=O) groups is 2. The predicted molar refractivity (Wildman–Crippen MR) is 164 cm³/mol. The lowest BCUT2D eigenvalue weighted by Gasteiger charge is -2.20. The molecule has 0 aromatic heterocycles. The first-order valence-electron chi connectivity index (χ1n) is 16.5. The van der Waals surface area contributed by atoms with Crippen LogP contribution in [0.25, 0.3) is 0 Å². The average Bonchev–Trinajstić information content (AvgIpc) is 2.97. The van der Waals surface area contributed by atoms with E-state index in [0.29, 0.717) is 12.8 Å². The lowest BCUT2D eigenvalue weighted by Crippen LogP contribution is -2.29. The Morgan fingerprint density at radius 2 is 1.02 bits per heavy atom. The maximum Gasteiger partial charge on any atom is 0.472 e. The number of carbonyl (C=O) groups excluding carboxylic acids is 2. The lowest BCUT2D eigenvalue weighted by molar-refractivity contribution is -0.161. The van der Waals surface area contributed by atoms with Crippen LogP contribution in [0.2, 0.25) is 0 Å². The van der Waals surface area contributed by atoms with E-state index in [1.807, 2.05) is 0 Å². The Bertz CT molecular complexity index is 691. The number of phosphoric acid groups is 1. The Labute approximate surface area is 254 Å². The summed E-state index contributed by atoms with van der Waals surface area (Å²) in [6.07, 6.45) is 19.7. The van der Waals surface area contributed by atoms with Gasteiger partial charge in [0, 0.05) is 12.8 Å². The molecule has 0 aromatic carbocycles. The summed E-state index contributed by atoms with van der Waals surface area (Å²) in [4.78, 5) is 34.4. The van der Waals surface area contributed by atoms with Crippen LogP contribution in [0.4, 0.5) is 0 Å². The first-order valence-corrected chi connectivity index (χ1v) is 18.0. The molecule has 0 aliphatic heterocycles. The zero-order chi connectivity index (χ0) is 31.3. The third kappa shape index (κ3) is 27.8. The number of phosphoric ester groups is 1. The zero-order valence-electron chi connectivity index (χ0n) is 26.5. The molecule has 3 N–H and O–H groups in total. The van der Waals surface area contributed by atoms with Gasteiger partial charge in [-0.25, -0.2) is 4.57 Å². The molecule has 0 amide bonds. The molecule has 0 saturated heterocycles. The van der Waals surface area contributed by atoms with Crippen LogP contribution < -0.4 is 0 Å². The molecule has 0 aromatic rings. The van der Waals surface area contributed by atoms with Gasteiger partial charge >= 0.3 is 19.8 Å². The predicted octanol–water partition coefficient (Wildman–Crippen LogP) is 7.16. The van der Waals surface area contributed by atoms with Crippen molar-refractivity contribution in [3.8, 4) is 0 Å². The van der Waals surface area contributed by atoms with E-state index in [9.17, 15) is 24.2 Å². The Morgan fingerprint density at radius 3 is 1.48 bits per heavy atom. The van der Waals surface area contributed by atoms with Crippen LogP contribution in [0.5, 0.6) is 0 Å². The van der Waals surface area contributed by atoms with Crippen molar-refractivity contribution >= 4 is 19.8 Å². The number of aliphatic hydroxyl groups excluding tert-OH is 2. The molecule has 0 fully saturated rings. The third-order valence-electron chi connectivity index (χ3n) is 7.01. The van der Waals surface area contributed by atoms with Crippen molar-refractivity contribution in [2.24, 2.45) is 0 Å². The molecule has 250 valence electrons. The molecule has 11 heteroatoms. The lowest BCUT2D eigenvalue weighted by atomic mass is 10.0. The summed E-state index contributed by atoms with van der Waals surface area (Å²) in [7, 11) is -4.59. The van der Waals surface area contributed by atoms with E-state index < -0.39 is 51.8 Å². The van der Waals surface area contributed by atoms with Gasteiger partial charge in [0.25, 0.3) is 0 Å². The van der Waals surface area contributed by atoms with E-state index >= 15 is 0 Å². The van der Waals surface area contributed by atoms with E-state index in [1.54, 1.807) is 0 Å². The molecule has 0 rings (SSSR count). The van der Waals surface area contributed by atoms with Gasteiger partial charge in [-0.1, -0.05) is 123 Å². The largest absolute Gasteiger partial charge is 0.472 e. The fourth-order valence-electron chi connectivity index (χ4n) is 4.40. The fraction of sp³-hybridized carbons (Fsp3) is 0.935. The van der Waals surface area contributed by atoms with Crippen LogP contribution in [0.15, 0.2) is 0 Å². The van der Waals surface area contributed by atoms with E-state index in [1.165, 1.54) is 64.2 Å². The highest BCUT2D eigenvalue weighted by atomic mass is 31.2. The monoisotopic (exact) mass is 624 g/mol. The molecule has 3 unspecified atom stereocenters. The van der Waals surface area contributed by atoms with E-state index in [4.69, 9.17) is 19.1 Å². The molecule has 0 bridgehead atoms. The maximum atomic E-state index is 12.4. The van der Waals surface area contributed by atoms with Crippen LogP contribution in [0.1, 0.15) is 149 Å². The summed E-state index contributed by atoms with van der Waals surface area (Å²) in [5.74, 6) is -0.930. The van der Waals surface area contributed by atoms with Gasteiger partial charge in [0.15, 0.2) is 6.10 Å². The van der Waals surface area contributed by atoms with Gasteiger partial charge in [-0.3, -0.25) is 18.6 Å². The number of hydrogen-bond donors (Lipinski definition) is 3. The Morgan fingerprint density at radius 1 is 0.619 bits per heavy atom. The van der Waals surface area contributed by atoms with Gasteiger partial charge in [-0.15, -0.1) is 0 Å². The van der Waals surface area contributed by atoms with Crippen molar-refractivity contribution in [3.05, 3.63) is 0 Å². The molecule has 0 aliphatic carbocycles. The molecule has 0 heterocycles. The molecule has 3 atom stereocenters. The second-order valence-electron chi connectivity index (χ2n) is 11.2. The minimum atomic E-state index is -4.59. The molecule has 0 aliphatic rings. The van der Waals surface area contributed by atoms with Crippen LogP contribution in [0, 0.1) is 0 Å². The zero-order valence-corrected chi connectivity index (χ0v) is 27.4. The van der Waals surface area contributed by atoms with Crippen molar-refractivity contribution in [2.45, 2.75) is 161 Å². The summed E-state index contributed by atoms with van der Waals surface area (Å²) < 4.78 is 32.3. The van der Waals surface area contributed by atoms with Gasteiger partial charge < -0.3 is 24.6 Å². The fourth-order valence-corrected chi connectivity index (χ4v) is 5.19. The molecule has 0 radical (unpaired) electrons. The second-order valence-corrected chi connectivity index (χ2v) is 12.7. The smallest absolute Gasteiger partial charge is 0.462 e. The van der Waals surface area contributed by atoms with Crippen molar-refractivity contribution < 1.29 is 47.8 Å². The molecule has 0 saturated carbocycles.